The second kappa shape index (κ2) is 6.81. The van der Waals surface area contributed by atoms with Gasteiger partial charge in [-0.3, -0.25) is 0 Å². The van der Waals surface area contributed by atoms with Crippen LogP contribution in [0.4, 0.5) is 13.2 Å². The maximum absolute atomic E-state index is 13.7. The average Bonchev–Trinajstić information content (AvgIpc) is 2.43. The average molecular weight is 297 g/mol. The highest BCUT2D eigenvalue weighted by Crippen LogP contribution is 2.26. The summed E-state index contributed by atoms with van der Waals surface area (Å²) in [4.78, 5) is 0.752. The van der Waals surface area contributed by atoms with Crippen molar-refractivity contribution < 1.29 is 13.2 Å². The summed E-state index contributed by atoms with van der Waals surface area (Å²) < 4.78 is 40.0. The van der Waals surface area contributed by atoms with E-state index in [4.69, 9.17) is 0 Å². The van der Waals surface area contributed by atoms with Crippen LogP contribution in [0.5, 0.6) is 0 Å². The van der Waals surface area contributed by atoms with Gasteiger partial charge in [-0.1, -0.05) is 6.07 Å². The fraction of sp³-hybridized carbons (Fsp3) is 0.200. The smallest absolute Gasteiger partial charge is 0.128 e. The van der Waals surface area contributed by atoms with Gasteiger partial charge >= 0.3 is 0 Å². The summed E-state index contributed by atoms with van der Waals surface area (Å²) in [6.07, 6.45) is 0. The Morgan fingerprint density at radius 3 is 2.50 bits per heavy atom. The number of hydrogen-bond acceptors (Lipinski definition) is 2. The summed E-state index contributed by atoms with van der Waals surface area (Å²) >= 11 is 1.39. The third kappa shape index (κ3) is 3.77. The van der Waals surface area contributed by atoms with Crippen LogP contribution in [0.15, 0.2) is 47.4 Å². The van der Waals surface area contributed by atoms with E-state index in [-0.39, 0.29) is 17.4 Å². The van der Waals surface area contributed by atoms with Crippen molar-refractivity contribution in [1.82, 2.24) is 5.32 Å². The number of rotatable bonds is 5. The van der Waals surface area contributed by atoms with Gasteiger partial charge in [0.1, 0.15) is 17.5 Å². The highest BCUT2D eigenvalue weighted by atomic mass is 32.2. The van der Waals surface area contributed by atoms with E-state index >= 15 is 0 Å². The van der Waals surface area contributed by atoms with E-state index in [1.54, 1.807) is 19.2 Å². The third-order valence-electron chi connectivity index (χ3n) is 2.89. The minimum atomic E-state index is -0.475. The zero-order valence-electron chi connectivity index (χ0n) is 10.9. The molecule has 1 atom stereocenters. The van der Waals surface area contributed by atoms with Crippen LogP contribution in [0.25, 0.3) is 0 Å². The van der Waals surface area contributed by atoms with Crippen LogP contribution >= 0.6 is 11.8 Å². The molecule has 0 spiro atoms. The first-order chi connectivity index (χ1) is 9.60. The molecule has 0 fully saturated rings. The van der Waals surface area contributed by atoms with E-state index in [2.05, 4.69) is 5.32 Å². The number of halogens is 3. The Kier molecular flexibility index (Phi) is 5.09. The zero-order valence-corrected chi connectivity index (χ0v) is 11.7. The van der Waals surface area contributed by atoms with Gasteiger partial charge in [0, 0.05) is 22.3 Å². The van der Waals surface area contributed by atoms with Crippen molar-refractivity contribution in [2.24, 2.45) is 0 Å². The van der Waals surface area contributed by atoms with E-state index in [1.807, 2.05) is 0 Å². The number of nitrogens with one attached hydrogen (secondary N) is 1. The second-order valence-corrected chi connectivity index (χ2v) is 5.37. The molecule has 2 rings (SSSR count). The van der Waals surface area contributed by atoms with Gasteiger partial charge in [-0.2, -0.15) is 0 Å². The quantitative estimate of drug-likeness (QED) is 0.832. The Morgan fingerprint density at radius 2 is 1.80 bits per heavy atom. The van der Waals surface area contributed by atoms with Crippen molar-refractivity contribution in [3.8, 4) is 0 Å². The highest BCUT2D eigenvalue weighted by Gasteiger charge is 2.15. The Hall–Kier alpha value is -1.46. The molecule has 2 aromatic rings. The lowest BCUT2D eigenvalue weighted by Gasteiger charge is -2.17. The molecule has 0 heterocycles. The Morgan fingerprint density at radius 1 is 1.05 bits per heavy atom. The molecule has 0 aliphatic carbocycles. The summed E-state index contributed by atoms with van der Waals surface area (Å²) in [6.45, 7) is 0. The molecular formula is C15H14F3NS. The number of hydrogen-bond donors (Lipinski definition) is 1. The fourth-order valence-corrected chi connectivity index (χ4v) is 2.92. The highest BCUT2D eigenvalue weighted by molar-refractivity contribution is 7.99. The molecule has 0 radical (unpaired) electrons. The van der Waals surface area contributed by atoms with Gasteiger partial charge in [0.05, 0.1) is 0 Å². The largest absolute Gasteiger partial charge is 0.312 e. The maximum atomic E-state index is 13.7. The van der Waals surface area contributed by atoms with E-state index < -0.39 is 11.6 Å². The molecule has 0 aliphatic rings. The standard InChI is InChI=1S/C15H14F3NS/c1-19-15(13-8-11(17)5-6-14(13)18)9-20-12-4-2-3-10(16)7-12/h2-8,15,19H,9H2,1H3. The summed E-state index contributed by atoms with van der Waals surface area (Å²) in [5.41, 5.74) is 0.274. The van der Waals surface area contributed by atoms with Gasteiger partial charge in [0.15, 0.2) is 0 Å². The number of benzene rings is 2. The molecule has 0 bridgehead atoms. The minimum absolute atomic E-state index is 0.274. The van der Waals surface area contributed by atoms with E-state index in [0.29, 0.717) is 5.75 Å². The summed E-state index contributed by atoms with van der Waals surface area (Å²) in [5.74, 6) is -0.767. The van der Waals surface area contributed by atoms with Gasteiger partial charge in [-0.05, 0) is 43.4 Å². The lowest BCUT2D eigenvalue weighted by Crippen LogP contribution is -2.20. The van der Waals surface area contributed by atoms with Crippen LogP contribution in [0.1, 0.15) is 11.6 Å². The molecule has 1 N–H and O–H groups in total. The SMILES string of the molecule is CNC(CSc1cccc(F)c1)c1cc(F)ccc1F. The molecular weight excluding hydrogens is 283 g/mol. The van der Waals surface area contributed by atoms with E-state index in [9.17, 15) is 13.2 Å². The third-order valence-corrected chi connectivity index (χ3v) is 3.98. The van der Waals surface area contributed by atoms with E-state index in [1.165, 1.54) is 30.0 Å². The van der Waals surface area contributed by atoms with Gasteiger partial charge in [0.2, 0.25) is 0 Å². The normalized spacial score (nSPS) is 12.4. The Labute approximate surface area is 120 Å². The maximum Gasteiger partial charge on any atom is 0.128 e. The fourth-order valence-electron chi connectivity index (χ4n) is 1.85. The molecule has 0 saturated carbocycles. The summed E-state index contributed by atoms with van der Waals surface area (Å²) in [5, 5.41) is 2.95. The predicted molar refractivity (Wildman–Crippen MR) is 75.3 cm³/mol. The van der Waals surface area contributed by atoms with Gasteiger partial charge in [-0.15, -0.1) is 11.8 Å². The Bertz CT molecular complexity index is 589. The molecule has 1 unspecified atom stereocenters. The second-order valence-electron chi connectivity index (χ2n) is 4.28. The molecule has 0 saturated heterocycles. The van der Waals surface area contributed by atoms with Crippen molar-refractivity contribution in [3.05, 3.63) is 65.5 Å². The minimum Gasteiger partial charge on any atom is -0.312 e. The van der Waals surface area contributed by atoms with Crippen molar-refractivity contribution in [2.75, 3.05) is 12.8 Å². The van der Waals surface area contributed by atoms with Gasteiger partial charge < -0.3 is 5.32 Å². The molecule has 20 heavy (non-hydrogen) atoms. The van der Waals surface area contributed by atoms with Crippen LogP contribution < -0.4 is 5.32 Å². The van der Waals surface area contributed by atoms with Crippen molar-refractivity contribution >= 4 is 11.8 Å². The first-order valence-electron chi connectivity index (χ1n) is 6.10. The lowest BCUT2D eigenvalue weighted by atomic mass is 10.1. The van der Waals surface area contributed by atoms with E-state index in [0.717, 1.165) is 17.0 Å². The van der Waals surface area contributed by atoms with Crippen LogP contribution in [0.3, 0.4) is 0 Å². The van der Waals surface area contributed by atoms with Crippen LogP contribution in [-0.2, 0) is 0 Å². The summed E-state index contributed by atoms with van der Waals surface area (Å²) in [6, 6.07) is 9.22. The van der Waals surface area contributed by atoms with Crippen molar-refractivity contribution in [2.45, 2.75) is 10.9 Å². The Balaban J connectivity index is 2.11. The molecule has 0 amide bonds. The lowest BCUT2D eigenvalue weighted by molar-refractivity contribution is 0.549. The van der Waals surface area contributed by atoms with Crippen molar-refractivity contribution in [3.63, 3.8) is 0 Å². The molecule has 106 valence electrons. The first kappa shape index (κ1) is 14.9. The molecule has 0 aromatic heterocycles. The zero-order chi connectivity index (χ0) is 14.5. The first-order valence-corrected chi connectivity index (χ1v) is 7.09. The monoisotopic (exact) mass is 297 g/mol. The molecule has 2 aromatic carbocycles. The van der Waals surface area contributed by atoms with Crippen LogP contribution in [0.2, 0.25) is 0 Å². The van der Waals surface area contributed by atoms with Gasteiger partial charge in [0.25, 0.3) is 0 Å². The van der Waals surface area contributed by atoms with Crippen molar-refractivity contribution in [1.29, 1.82) is 0 Å². The van der Waals surface area contributed by atoms with Gasteiger partial charge in [-0.25, -0.2) is 13.2 Å². The van der Waals surface area contributed by atoms with Crippen LogP contribution in [-0.4, -0.2) is 12.8 Å². The topological polar surface area (TPSA) is 12.0 Å². The number of thioether (sulfide) groups is 1. The van der Waals surface area contributed by atoms with Crippen LogP contribution in [0, 0.1) is 17.5 Å². The molecule has 5 heteroatoms. The predicted octanol–water partition coefficient (Wildman–Crippen LogP) is 4.16. The molecule has 0 aliphatic heterocycles. The molecule has 1 nitrogen and oxygen atoms in total. The summed E-state index contributed by atoms with van der Waals surface area (Å²) in [7, 11) is 1.68.